The van der Waals surface area contributed by atoms with Crippen molar-refractivity contribution < 1.29 is 0 Å². The Labute approximate surface area is 101 Å². The molecule has 0 unspecified atom stereocenters. The van der Waals surface area contributed by atoms with E-state index in [1.807, 2.05) is 25.2 Å². The molecule has 0 aliphatic heterocycles. The van der Waals surface area contributed by atoms with Gasteiger partial charge in [-0.15, -0.1) is 0 Å². The van der Waals surface area contributed by atoms with E-state index in [4.69, 9.17) is 17.3 Å². The van der Waals surface area contributed by atoms with Crippen molar-refractivity contribution >= 4 is 33.2 Å². The summed E-state index contributed by atoms with van der Waals surface area (Å²) in [5.41, 5.74) is 8.29. The van der Waals surface area contributed by atoms with Gasteiger partial charge >= 0.3 is 0 Å². The van der Waals surface area contributed by atoms with Crippen molar-refractivity contribution in [3.05, 3.63) is 33.9 Å². The third-order valence-electron chi connectivity index (χ3n) is 2.15. The van der Waals surface area contributed by atoms with Gasteiger partial charge in [-0.1, -0.05) is 27.5 Å². The van der Waals surface area contributed by atoms with E-state index in [1.54, 1.807) is 10.9 Å². The highest BCUT2D eigenvalue weighted by Gasteiger charge is 2.11. The van der Waals surface area contributed by atoms with Gasteiger partial charge in [-0.3, -0.25) is 4.68 Å². The zero-order valence-corrected chi connectivity index (χ0v) is 10.4. The minimum atomic E-state index is 0.639. The number of halogens is 2. The Kier molecular flexibility index (Phi) is 2.71. The van der Waals surface area contributed by atoms with Gasteiger partial charge in [0.25, 0.3) is 0 Å². The lowest BCUT2D eigenvalue weighted by molar-refractivity contribution is 0.775. The molecule has 78 valence electrons. The molecule has 5 heteroatoms. The van der Waals surface area contributed by atoms with Crippen molar-refractivity contribution in [1.82, 2.24) is 9.78 Å². The summed E-state index contributed by atoms with van der Waals surface area (Å²) in [6.45, 7) is 0. The summed E-state index contributed by atoms with van der Waals surface area (Å²) in [4.78, 5) is 0. The van der Waals surface area contributed by atoms with Gasteiger partial charge in [0.1, 0.15) is 0 Å². The first-order valence-corrected chi connectivity index (χ1v) is 5.49. The topological polar surface area (TPSA) is 43.8 Å². The Balaban J connectivity index is 2.68. The SMILES string of the molecule is Cn1ncc(N)c1-c1cc(Cl)ccc1Br. The molecule has 2 N–H and O–H groups in total. The molecule has 0 fully saturated rings. The molecule has 1 aromatic heterocycles. The number of benzene rings is 1. The highest BCUT2D eigenvalue weighted by Crippen LogP contribution is 2.33. The number of rotatable bonds is 1. The van der Waals surface area contributed by atoms with Crippen molar-refractivity contribution in [3.63, 3.8) is 0 Å². The fourth-order valence-electron chi connectivity index (χ4n) is 1.46. The summed E-state index contributed by atoms with van der Waals surface area (Å²) in [6.07, 6.45) is 1.63. The Hall–Kier alpha value is -1.000. The van der Waals surface area contributed by atoms with Crippen LogP contribution in [0.5, 0.6) is 0 Å². The number of nitrogen functional groups attached to an aromatic ring is 1. The summed E-state index contributed by atoms with van der Waals surface area (Å²) >= 11 is 9.41. The van der Waals surface area contributed by atoms with Gasteiger partial charge in [-0.25, -0.2) is 0 Å². The molecule has 15 heavy (non-hydrogen) atoms. The second kappa shape index (κ2) is 3.87. The van der Waals surface area contributed by atoms with Crippen LogP contribution >= 0.6 is 27.5 Å². The molecule has 3 nitrogen and oxygen atoms in total. The highest BCUT2D eigenvalue weighted by molar-refractivity contribution is 9.10. The van der Waals surface area contributed by atoms with Gasteiger partial charge < -0.3 is 5.73 Å². The number of hydrogen-bond donors (Lipinski definition) is 1. The van der Waals surface area contributed by atoms with E-state index < -0.39 is 0 Å². The fourth-order valence-corrected chi connectivity index (χ4v) is 2.07. The van der Waals surface area contributed by atoms with Crippen LogP contribution in [0.1, 0.15) is 0 Å². The maximum absolute atomic E-state index is 5.95. The third-order valence-corrected chi connectivity index (χ3v) is 3.08. The van der Waals surface area contributed by atoms with Crippen LogP contribution < -0.4 is 5.73 Å². The van der Waals surface area contributed by atoms with Crippen LogP contribution in [0, 0.1) is 0 Å². The number of aromatic nitrogens is 2. The van der Waals surface area contributed by atoms with Crippen molar-refractivity contribution in [3.8, 4) is 11.3 Å². The van der Waals surface area contributed by atoms with Crippen LogP contribution in [0.3, 0.4) is 0 Å². The molecule has 0 bridgehead atoms. The zero-order valence-electron chi connectivity index (χ0n) is 8.04. The first kappa shape index (κ1) is 10.5. The summed E-state index contributed by atoms with van der Waals surface area (Å²) < 4.78 is 2.67. The molecule has 0 saturated carbocycles. The molecule has 2 rings (SSSR count). The maximum atomic E-state index is 5.95. The van der Waals surface area contributed by atoms with Gasteiger partial charge in [0.05, 0.1) is 17.6 Å². The van der Waals surface area contributed by atoms with Crippen LogP contribution in [-0.2, 0) is 7.05 Å². The largest absolute Gasteiger partial charge is 0.396 e. The van der Waals surface area contributed by atoms with Crippen molar-refractivity contribution in [2.75, 3.05) is 5.73 Å². The number of nitrogens with zero attached hydrogens (tertiary/aromatic N) is 2. The van der Waals surface area contributed by atoms with E-state index in [9.17, 15) is 0 Å². The smallest absolute Gasteiger partial charge is 0.0920 e. The number of anilines is 1. The maximum Gasteiger partial charge on any atom is 0.0920 e. The zero-order chi connectivity index (χ0) is 11.0. The average Bonchev–Trinajstić information content (AvgIpc) is 2.51. The quantitative estimate of drug-likeness (QED) is 0.875. The molecular weight excluding hydrogens is 277 g/mol. The Morgan fingerprint density at radius 2 is 2.20 bits per heavy atom. The fraction of sp³-hybridized carbons (Fsp3) is 0.100. The van der Waals surface area contributed by atoms with Gasteiger partial charge in [0.2, 0.25) is 0 Å². The monoisotopic (exact) mass is 285 g/mol. The molecule has 0 saturated heterocycles. The predicted molar refractivity (Wildman–Crippen MR) is 65.8 cm³/mol. The molecule has 1 heterocycles. The first-order chi connectivity index (χ1) is 7.09. The Morgan fingerprint density at radius 3 is 2.80 bits per heavy atom. The standard InChI is InChI=1S/C10H9BrClN3/c1-15-10(9(13)5-14-15)7-4-6(12)2-3-8(7)11/h2-5H,13H2,1H3. The molecule has 0 amide bonds. The molecule has 0 aliphatic carbocycles. The van der Waals surface area contributed by atoms with Gasteiger partial charge in [-0.2, -0.15) is 5.10 Å². The van der Waals surface area contributed by atoms with E-state index in [0.717, 1.165) is 15.7 Å². The Bertz CT molecular complexity index is 488. The first-order valence-electron chi connectivity index (χ1n) is 4.32. The molecule has 0 spiro atoms. The summed E-state index contributed by atoms with van der Waals surface area (Å²) in [5.74, 6) is 0. The Morgan fingerprint density at radius 1 is 1.47 bits per heavy atom. The minimum absolute atomic E-state index is 0.639. The van der Waals surface area contributed by atoms with E-state index in [-0.39, 0.29) is 0 Å². The van der Waals surface area contributed by atoms with Crippen molar-refractivity contribution in [2.45, 2.75) is 0 Å². The van der Waals surface area contributed by atoms with E-state index >= 15 is 0 Å². The van der Waals surface area contributed by atoms with Gasteiger partial charge in [0.15, 0.2) is 0 Å². The highest BCUT2D eigenvalue weighted by atomic mass is 79.9. The van der Waals surface area contributed by atoms with Crippen LogP contribution in [0.2, 0.25) is 5.02 Å². The van der Waals surface area contributed by atoms with Gasteiger partial charge in [0, 0.05) is 22.1 Å². The minimum Gasteiger partial charge on any atom is -0.396 e. The molecule has 0 radical (unpaired) electrons. The van der Waals surface area contributed by atoms with Gasteiger partial charge in [-0.05, 0) is 18.2 Å². The van der Waals surface area contributed by atoms with Crippen molar-refractivity contribution in [1.29, 1.82) is 0 Å². The lowest BCUT2D eigenvalue weighted by atomic mass is 10.1. The van der Waals surface area contributed by atoms with Crippen molar-refractivity contribution in [2.24, 2.45) is 7.05 Å². The predicted octanol–water partition coefficient (Wildman–Crippen LogP) is 3.09. The van der Waals surface area contributed by atoms with E-state index in [0.29, 0.717) is 10.7 Å². The molecule has 0 aliphatic rings. The molecule has 0 atom stereocenters. The van der Waals surface area contributed by atoms with E-state index in [2.05, 4.69) is 21.0 Å². The van der Waals surface area contributed by atoms with Crippen LogP contribution in [0.25, 0.3) is 11.3 Å². The summed E-state index contributed by atoms with van der Waals surface area (Å²) in [5, 5.41) is 4.77. The van der Waals surface area contributed by atoms with Crippen LogP contribution in [0.15, 0.2) is 28.9 Å². The van der Waals surface area contributed by atoms with E-state index in [1.165, 1.54) is 0 Å². The summed E-state index contributed by atoms with van der Waals surface area (Å²) in [6, 6.07) is 5.57. The molecular formula is C10H9BrClN3. The lowest BCUT2D eigenvalue weighted by Gasteiger charge is -2.06. The second-order valence-electron chi connectivity index (χ2n) is 3.20. The number of nitrogens with two attached hydrogens (primary N) is 1. The average molecular weight is 287 g/mol. The van der Waals surface area contributed by atoms with Crippen LogP contribution in [-0.4, -0.2) is 9.78 Å². The normalized spacial score (nSPS) is 10.6. The molecule has 1 aromatic carbocycles. The second-order valence-corrected chi connectivity index (χ2v) is 4.49. The molecule has 2 aromatic rings. The number of hydrogen-bond acceptors (Lipinski definition) is 2. The van der Waals surface area contributed by atoms with Crippen LogP contribution in [0.4, 0.5) is 5.69 Å². The third kappa shape index (κ3) is 1.87. The lowest BCUT2D eigenvalue weighted by Crippen LogP contribution is -1.96. The number of aryl methyl sites for hydroxylation is 1. The summed E-state index contributed by atoms with van der Waals surface area (Å²) in [7, 11) is 1.85.